The number of carbonyl (C=O) groups is 1. The van der Waals surface area contributed by atoms with Gasteiger partial charge in [0.15, 0.2) is 0 Å². The minimum Gasteiger partial charge on any atom is -0.381 e. The molecule has 2 spiro atoms. The summed E-state index contributed by atoms with van der Waals surface area (Å²) in [5.41, 5.74) is 0.499. The van der Waals surface area contributed by atoms with Crippen LogP contribution in [0.2, 0.25) is 0 Å². The van der Waals surface area contributed by atoms with E-state index in [2.05, 4.69) is 12.2 Å². The Balaban J connectivity index is 1.33. The summed E-state index contributed by atoms with van der Waals surface area (Å²) in [4.78, 5) is 14.6. The van der Waals surface area contributed by atoms with E-state index in [1.165, 1.54) is 19.3 Å². The molecule has 1 N–H and O–H groups in total. The van der Waals surface area contributed by atoms with Crippen molar-refractivity contribution in [1.29, 1.82) is 0 Å². The van der Waals surface area contributed by atoms with Crippen LogP contribution in [0.5, 0.6) is 0 Å². The minimum atomic E-state index is 0.134. The van der Waals surface area contributed by atoms with E-state index in [9.17, 15) is 4.79 Å². The lowest BCUT2D eigenvalue weighted by atomic mass is 9.51. The van der Waals surface area contributed by atoms with E-state index in [1.54, 1.807) is 0 Å². The number of carbonyl (C=O) groups excluding carboxylic acids is 1. The average Bonchev–Trinajstić information content (AvgIpc) is 3.06. The lowest BCUT2D eigenvalue weighted by Crippen LogP contribution is -2.68. The van der Waals surface area contributed by atoms with Crippen LogP contribution in [0.15, 0.2) is 0 Å². The quantitative estimate of drug-likeness (QED) is 0.869. The standard InChI is InChI=1S/C17H28N2O3/c1-2-22-14-10-13(17(14)4-3-5-17)18-15(20)19-8-6-16(11-19)7-9-21-12-16/h13-14H,2-12H2,1H3,(H,18,20)/t13-,14+,16-/m0/s1. The Morgan fingerprint density at radius 2 is 2.23 bits per heavy atom. The molecular weight excluding hydrogens is 280 g/mol. The zero-order valence-corrected chi connectivity index (χ0v) is 13.6. The third kappa shape index (κ3) is 2.16. The van der Waals surface area contributed by atoms with Crippen molar-refractivity contribution >= 4 is 6.03 Å². The average molecular weight is 308 g/mol. The van der Waals surface area contributed by atoms with Crippen molar-refractivity contribution in [2.45, 2.75) is 57.6 Å². The molecule has 0 aromatic carbocycles. The number of hydrogen-bond acceptors (Lipinski definition) is 3. The maximum Gasteiger partial charge on any atom is 0.317 e. The highest BCUT2D eigenvalue weighted by molar-refractivity contribution is 5.75. The second kappa shape index (κ2) is 5.38. The van der Waals surface area contributed by atoms with Crippen LogP contribution < -0.4 is 5.32 Å². The van der Waals surface area contributed by atoms with Gasteiger partial charge in [0.2, 0.25) is 0 Å². The Bertz CT molecular complexity index is 443. The number of nitrogens with zero attached hydrogens (tertiary/aromatic N) is 1. The molecule has 2 saturated heterocycles. The van der Waals surface area contributed by atoms with Crippen molar-refractivity contribution in [2.75, 3.05) is 32.9 Å². The molecule has 2 aliphatic carbocycles. The van der Waals surface area contributed by atoms with Gasteiger partial charge in [-0.2, -0.15) is 0 Å². The Morgan fingerprint density at radius 1 is 1.36 bits per heavy atom. The van der Waals surface area contributed by atoms with Crippen molar-refractivity contribution in [2.24, 2.45) is 10.8 Å². The molecule has 3 atom stereocenters. The van der Waals surface area contributed by atoms with E-state index in [4.69, 9.17) is 9.47 Å². The van der Waals surface area contributed by atoms with Crippen molar-refractivity contribution in [1.82, 2.24) is 10.2 Å². The predicted octanol–water partition coefficient (Wildman–Crippen LogP) is 2.16. The first kappa shape index (κ1) is 14.8. The maximum absolute atomic E-state index is 12.6. The van der Waals surface area contributed by atoms with Gasteiger partial charge >= 0.3 is 6.03 Å². The van der Waals surface area contributed by atoms with E-state index in [1.807, 2.05) is 4.90 Å². The van der Waals surface area contributed by atoms with Crippen LogP contribution in [0.25, 0.3) is 0 Å². The van der Waals surface area contributed by atoms with Crippen molar-refractivity contribution in [3.05, 3.63) is 0 Å². The first-order chi connectivity index (χ1) is 10.7. The number of hydrogen-bond donors (Lipinski definition) is 1. The van der Waals surface area contributed by atoms with Gasteiger partial charge < -0.3 is 19.7 Å². The van der Waals surface area contributed by atoms with E-state index >= 15 is 0 Å². The number of rotatable bonds is 3. The van der Waals surface area contributed by atoms with Gasteiger partial charge in [-0.3, -0.25) is 0 Å². The number of likely N-dealkylation sites (tertiary alicyclic amines) is 1. The van der Waals surface area contributed by atoms with Crippen LogP contribution in [-0.4, -0.2) is 56.0 Å². The molecule has 22 heavy (non-hydrogen) atoms. The fourth-order valence-electron chi connectivity index (χ4n) is 4.96. The summed E-state index contributed by atoms with van der Waals surface area (Å²) in [6.45, 7) is 6.28. The molecule has 2 amide bonds. The van der Waals surface area contributed by atoms with Gasteiger partial charge in [0.05, 0.1) is 12.7 Å². The van der Waals surface area contributed by atoms with Gasteiger partial charge in [-0.25, -0.2) is 4.79 Å². The number of urea groups is 1. The van der Waals surface area contributed by atoms with Crippen molar-refractivity contribution in [3.8, 4) is 0 Å². The maximum atomic E-state index is 12.6. The summed E-state index contributed by atoms with van der Waals surface area (Å²) in [6.07, 6.45) is 7.25. The highest BCUT2D eigenvalue weighted by Crippen LogP contribution is 2.57. The normalized spacial score (nSPS) is 39.0. The fraction of sp³-hybridized carbons (Fsp3) is 0.941. The third-order valence-electron chi connectivity index (χ3n) is 6.65. The second-order valence-corrected chi connectivity index (χ2v) is 7.74. The Hall–Kier alpha value is -0.810. The highest BCUT2D eigenvalue weighted by Gasteiger charge is 2.59. The molecule has 2 saturated carbocycles. The molecule has 4 aliphatic rings. The highest BCUT2D eigenvalue weighted by atomic mass is 16.5. The Morgan fingerprint density at radius 3 is 2.86 bits per heavy atom. The number of amides is 2. The molecule has 0 radical (unpaired) electrons. The first-order valence-electron chi connectivity index (χ1n) is 8.92. The molecule has 2 aliphatic heterocycles. The molecule has 4 fully saturated rings. The number of nitrogens with one attached hydrogen (secondary N) is 1. The zero-order valence-electron chi connectivity index (χ0n) is 13.6. The smallest absolute Gasteiger partial charge is 0.317 e. The molecule has 124 valence electrons. The lowest BCUT2D eigenvalue weighted by molar-refractivity contribution is -0.169. The topological polar surface area (TPSA) is 50.8 Å². The van der Waals surface area contributed by atoms with E-state index in [0.29, 0.717) is 12.1 Å². The van der Waals surface area contributed by atoms with Gasteiger partial charge in [0.25, 0.3) is 0 Å². The molecule has 5 heteroatoms. The van der Waals surface area contributed by atoms with Crippen molar-refractivity contribution < 1.29 is 14.3 Å². The summed E-state index contributed by atoms with van der Waals surface area (Å²) in [5, 5.41) is 3.31. The van der Waals surface area contributed by atoms with Crippen LogP contribution in [-0.2, 0) is 9.47 Å². The predicted molar refractivity (Wildman–Crippen MR) is 82.7 cm³/mol. The molecular formula is C17H28N2O3. The van der Waals surface area contributed by atoms with Crippen molar-refractivity contribution in [3.63, 3.8) is 0 Å². The molecule has 5 nitrogen and oxygen atoms in total. The summed E-state index contributed by atoms with van der Waals surface area (Å²) < 4.78 is 11.4. The largest absolute Gasteiger partial charge is 0.381 e. The van der Waals surface area contributed by atoms with E-state index in [-0.39, 0.29) is 16.9 Å². The molecule has 4 rings (SSSR count). The van der Waals surface area contributed by atoms with Gasteiger partial charge in [0.1, 0.15) is 0 Å². The Kier molecular flexibility index (Phi) is 3.61. The molecule has 2 heterocycles. The Labute approximate surface area is 132 Å². The van der Waals surface area contributed by atoms with Crippen LogP contribution >= 0.6 is 0 Å². The monoisotopic (exact) mass is 308 g/mol. The fourth-order valence-corrected chi connectivity index (χ4v) is 4.96. The van der Waals surface area contributed by atoms with Gasteiger partial charge in [0, 0.05) is 43.2 Å². The molecule has 0 aromatic rings. The van der Waals surface area contributed by atoms with Gasteiger partial charge in [-0.15, -0.1) is 0 Å². The molecule has 0 aromatic heterocycles. The zero-order chi connectivity index (χ0) is 15.2. The lowest BCUT2D eigenvalue weighted by Gasteiger charge is -2.61. The third-order valence-corrected chi connectivity index (χ3v) is 6.65. The van der Waals surface area contributed by atoms with Crippen LogP contribution in [0.4, 0.5) is 4.79 Å². The number of ether oxygens (including phenoxy) is 2. The van der Waals surface area contributed by atoms with E-state index in [0.717, 1.165) is 52.2 Å². The van der Waals surface area contributed by atoms with Gasteiger partial charge in [-0.05, 0) is 39.0 Å². The van der Waals surface area contributed by atoms with Crippen LogP contribution in [0, 0.1) is 10.8 Å². The molecule has 0 bridgehead atoms. The molecule has 0 unspecified atom stereocenters. The second-order valence-electron chi connectivity index (χ2n) is 7.74. The summed E-state index contributed by atoms with van der Waals surface area (Å²) in [6, 6.07) is 0.455. The SMILES string of the molecule is CCO[C@@H]1C[C@H](NC(=O)N2CC[C@]3(CCOC3)C2)C12CCC2. The van der Waals surface area contributed by atoms with Gasteiger partial charge in [-0.1, -0.05) is 6.42 Å². The summed E-state index contributed by atoms with van der Waals surface area (Å²) in [7, 11) is 0. The van der Waals surface area contributed by atoms with Crippen LogP contribution in [0.1, 0.15) is 45.4 Å². The van der Waals surface area contributed by atoms with Crippen LogP contribution in [0.3, 0.4) is 0 Å². The van der Waals surface area contributed by atoms with E-state index < -0.39 is 0 Å². The summed E-state index contributed by atoms with van der Waals surface area (Å²) in [5.74, 6) is 0. The summed E-state index contributed by atoms with van der Waals surface area (Å²) >= 11 is 0. The minimum absolute atomic E-state index is 0.134. The first-order valence-corrected chi connectivity index (χ1v) is 8.92.